The molecule has 0 spiro atoms. The SMILES string of the molecule is CCOC(=O)c1cc(Cl)cc2[nH]c(C(=O)c3ccc(C)cc3)c(N)c12. The number of ketones is 1. The monoisotopic (exact) mass is 356 g/mol. The zero-order valence-electron chi connectivity index (χ0n) is 13.9. The molecule has 0 fully saturated rings. The van der Waals surface area contributed by atoms with E-state index in [1.165, 1.54) is 6.07 Å². The number of halogens is 1. The van der Waals surface area contributed by atoms with Crippen LogP contribution in [0.25, 0.3) is 10.9 Å². The van der Waals surface area contributed by atoms with E-state index >= 15 is 0 Å². The van der Waals surface area contributed by atoms with Gasteiger partial charge in [-0.3, -0.25) is 4.79 Å². The van der Waals surface area contributed by atoms with E-state index in [4.69, 9.17) is 22.1 Å². The lowest BCUT2D eigenvalue weighted by Gasteiger charge is -2.05. The number of carbonyl (C=O) groups is 2. The Bertz CT molecular complexity index is 974. The minimum absolute atomic E-state index is 0.209. The van der Waals surface area contributed by atoms with Crippen LogP contribution < -0.4 is 5.73 Å². The molecule has 0 saturated carbocycles. The quantitative estimate of drug-likeness (QED) is 0.544. The first-order valence-corrected chi connectivity index (χ1v) is 8.19. The summed E-state index contributed by atoms with van der Waals surface area (Å²) in [6, 6.07) is 10.3. The normalized spacial score (nSPS) is 10.8. The number of aromatic nitrogens is 1. The third-order valence-electron chi connectivity index (χ3n) is 3.94. The van der Waals surface area contributed by atoms with Gasteiger partial charge in [-0.2, -0.15) is 0 Å². The van der Waals surface area contributed by atoms with E-state index in [2.05, 4.69) is 4.98 Å². The molecule has 0 saturated heterocycles. The molecule has 0 aliphatic rings. The lowest BCUT2D eigenvalue weighted by molar-refractivity contribution is 0.0528. The van der Waals surface area contributed by atoms with Crippen LogP contribution in [0.3, 0.4) is 0 Å². The molecule has 3 aromatic rings. The van der Waals surface area contributed by atoms with Crippen molar-refractivity contribution in [3.63, 3.8) is 0 Å². The Morgan fingerprint density at radius 3 is 2.52 bits per heavy atom. The fourth-order valence-electron chi connectivity index (χ4n) is 2.72. The topological polar surface area (TPSA) is 85.2 Å². The van der Waals surface area contributed by atoms with Crippen molar-refractivity contribution in [3.05, 3.63) is 63.8 Å². The number of nitrogen functional groups attached to an aromatic ring is 1. The molecule has 2 aromatic carbocycles. The molecule has 1 aromatic heterocycles. The number of nitrogens with two attached hydrogens (primary N) is 1. The van der Waals surface area contributed by atoms with Crippen LogP contribution in [0.4, 0.5) is 5.69 Å². The van der Waals surface area contributed by atoms with E-state index in [9.17, 15) is 9.59 Å². The van der Waals surface area contributed by atoms with Gasteiger partial charge >= 0.3 is 5.97 Å². The fourth-order valence-corrected chi connectivity index (χ4v) is 2.94. The van der Waals surface area contributed by atoms with Gasteiger partial charge in [-0.25, -0.2) is 4.79 Å². The van der Waals surface area contributed by atoms with Crippen LogP contribution in [0.2, 0.25) is 5.02 Å². The summed E-state index contributed by atoms with van der Waals surface area (Å²) in [5, 5.41) is 0.796. The number of rotatable bonds is 4. The Labute approximate surface area is 149 Å². The first-order chi connectivity index (χ1) is 11.9. The van der Waals surface area contributed by atoms with Gasteiger partial charge in [0, 0.05) is 16.0 Å². The van der Waals surface area contributed by atoms with E-state index < -0.39 is 5.97 Å². The van der Waals surface area contributed by atoms with Crippen LogP contribution in [-0.2, 0) is 4.74 Å². The molecule has 0 unspecified atom stereocenters. The Kier molecular flexibility index (Phi) is 4.51. The number of anilines is 1. The van der Waals surface area contributed by atoms with Gasteiger partial charge in [0.2, 0.25) is 5.78 Å². The predicted octanol–water partition coefficient (Wildman–Crippen LogP) is 4.12. The molecule has 0 aliphatic heterocycles. The van der Waals surface area contributed by atoms with E-state index in [0.717, 1.165) is 5.56 Å². The molecular weight excluding hydrogens is 340 g/mol. The highest BCUT2D eigenvalue weighted by molar-refractivity contribution is 6.32. The summed E-state index contributed by atoms with van der Waals surface area (Å²) < 4.78 is 5.06. The largest absolute Gasteiger partial charge is 0.462 e. The van der Waals surface area contributed by atoms with Crippen LogP contribution in [0.5, 0.6) is 0 Å². The number of hydrogen-bond acceptors (Lipinski definition) is 4. The van der Waals surface area contributed by atoms with Gasteiger partial charge in [0.1, 0.15) is 5.69 Å². The third-order valence-corrected chi connectivity index (χ3v) is 4.16. The van der Waals surface area contributed by atoms with Crippen LogP contribution in [0, 0.1) is 6.92 Å². The van der Waals surface area contributed by atoms with Gasteiger partial charge < -0.3 is 15.5 Å². The van der Waals surface area contributed by atoms with Gasteiger partial charge in [0.15, 0.2) is 0 Å². The van der Waals surface area contributed by atoms with Crippen molar-refractivity contribution >= 4 is 39.9 Å². The van der Waals surface area contributed by atoms with Gasteiger partial charge in [-0.05, 0) is 26.0 Å². The van der Waals surface area contributed by atoms with Gasteiger partial charge in [0.05, 0.1) is 23.4 Å². The number of fused-ring (bicyclic) bond motifs is 1. The number of nitrogens with one attached hydrogen (secondary N) is 1. The number of carbonyl (C=O) groups excluding carboxylic acids is 2. The van der Waals surface area contributed by atoms with Gasteiger partial charge in [-0.1, -0.05) is 41.4 Å². The summed E-state index contributed by atoms with van der Waals surface area (Å²) in [6.45, 7) is 3.89. The minimum atomic E-state index is -0.532. The second-order valence-electron chi connectivity index (χ2n) is 5.71. The number of benzene rings is 2. The van der Waals surface area contributed by atoms with E-state index in [-0.39, 0.29) is 29.3 Å². The molecule has 0 bridgehead atoms. The highest BCUT2D eigenvalue weighted by atomic mass is 35.5. The van der Waals surface area contributed by atoms with Gasteiger partial charge in [-0.15, -0.1) is 0 Å². The summed E-state index contributed by atoms with van der Waals surface area (Å²) in [7, 11) is 0. The maximum Gasteiger partial charge on any atom is 0.338 e. The van der Waals surface area contributed by atoms with Crippen molar-refractivity contribution in [1.29, 1.82) is 0 Å². The van der Waals surface area contributed by atoms with E-state index in [0.29, 0.717) is 21.5 Å². The van der Waals surface area contributed by atoms with Crippen LogP contribution in [-0.4, -0.2) is 23.3 Å². The smallest absolute Gasteiger partial charge is 0.338 e. The van der Waals surface area contributed by atoms with Crippen molar-refractivity contribution in [2.75, 3.05) is 12.3 Å². The highest BCUT2D eigenvalue weighted by Gasteiger charge is 2.22. The van der Waals surface area contributed by atoms with Crippen LogP contribution >= 0.6 is 11.6 Å². The van der Waals surface area contributed by atoms with Crippen molar-refractivity contribution in [2.24, 2.45) is 0 Å². The maximum absolute atomic E-state index is 12.8. The van der Waals surface area contributed by atoms with Crippen LogP contribution in [0.15, 0.2) is 36.4 Å². The zero-order valence-corrected chi connectivity index (χ0v) is 14.6. The lowest BCUT2D eigenvalue weighted by atomic mass is 10.0. The maximum atomic E-state index is 12.8. The summed E-state index contributed by atoms with van der Waals surface area (Å²) in [4.78, 5) is 28.0. The molecular formula is C19H17ClN2O3. The lowest BCUT2D eigenvalue weighted by Crippen LogP contribution is -2.07. The van der Waals surface area contributed by atoms with Crippen molar-refractivity contribution in [1.82, 2.24) is 4.98 Å². The standard InChI is InChI=1S/C19H17ClN2O3/c1-3-25-19(24)13-8-12(20)9-14-15(13)16(21)17(22-14)18(23)11-6-4-10(2)5-7-11/h4-9,22H,3,21H2,1-2H3. The molecule has 6 heteroatoms. The Morgan fingerprint density at radius 1 is 1.20 bits per heavy atom. The van der Waals surface area contributed by atoms with Gasteiger partial charge in [0.25, 0.3) is 0 Å². The number of aromatic amines is 1. The summed E-state index contributed by atoms with van der Waals surface area (Å²) >= 11 is 6.09. The second-order valence-corrected chi connectivity index (χ2v) is 6.14. The molecule has 0 atom stereocenters. The molecule has 0 radical (unpaired) electrons. The first-order valence-electron chi connectivity index (χ1n) is 7.81. The Hall–Kier alpha value is -2.79. The molecule has 0 amide bonds. The number of hydrogen-bond donors (Lipinski definition) is 2. The molecule has 5 nitrogen and oxygen atoms in total. The number of aryl methyl sites for hydroxylation is 1. The summed E-state index contributed by atoms with van der Waals surface area (Å²) in [5.41, 5.74) is 8.94. The Morgan fingerprint density at radius 2 is 1.88 bits per heavy atom. The molecule has 128 valence electrons. The predicted molar refractivity (Wildman–Crippen MR) is 98.3 cm³/mol. The highest BCUT2D eigenvalue weighted by Crippen LogP contribution is 2.32. The second kappa shape index (κ2) is 6.61. The number of ether oxygens (including phenoxy) is 1. The molecule has 3 N–H and O–H groups in total. The van der Waals surface area contributed by atoms with Crippen LogP contribution in [0.1, 0.15) is 38.9 Å². The van der Waals surface area contributed by atoms with Crippen molar-refractivity contribution in [2.45, 2.75) is 13.8 Å². The number of esters is 1. The summed E-state index contributed by atoms with van der Waals surface area (Å²) in [5.74, 6) is -0.783. The summed E-state index contributed by atoms with van der Waals surface area (Å²) in [6.07, 6.45) is 0. The minimum Gasteiger partial charge on any atom is -0.462 e. The van der Waals surface area contributed by atoms with E-state index in [1.807, 2.05) is 19.1 Å². The first kappa shape index (κ1) is 17.0. The van der Waals surface area contributed by atoms with Crippen molar-refractivity contribution < 1.29 is 14.3 Å². The Balaban J connectivity index is 2.16. The number of H-pyrrole nitrogens is 1. The zero-order chi connectivity index (χ0) is 18.1. The average Bonchev–Trinajstić information content (AvgIpc) is 2.91. The molecule has 0 aliphatic carbocycles. The third kappa shape index (κ3) is 3.10. The molecule has 3 rings (SSSR count). The fraction of sp³-hybridized carbons (Fsp3) is 0.158. The molecule has 1 heterocycles. The average molecular weight is 357 g/mol. The molecule has 25 heavy (non-hydrogen) atoms. The van der Waals surface area contributed by atoms with Crippen molar-refractivity contribution in [3.8, 4) is 0 Å². The van der Waals surface area contributed by atoms with E-state index in [1.54, 1.807) is 25.1 Å².